The van der Waals surface area contributed by atoms with Crippen LogP contribution in [0, 0.1) is 13.8 Å². The first-order valence-corrected chi connectivity index (χ1v) is 9.70. The number of ether oxygens (including phenoxy) is 4. The Morgan fingerprint density at radius 1 is 0.871 bits per heavy atom. The molecule has 1 amide bonds. The number of anilines is 1. The minimum absolute atomic E-state index is 0.252. The number of methoxy groups -OCH3 is 4. The summed E-state index contributed by atoms with van der Waals surface area (Å²) < 4.78 is 23.0. The van der Waals surface area contributed by atoms with Crippen LogP contribution in [-0.4, -0.2) is 44.1 Å². The zero-order valence-electron chi connectivity index (χ0n) is 18.6. The average molecular weight is 425 g/mol. The molecule has 2 aromatic carbocycles. The molecular formula is C23H27N3O5. The summed E-state index contributed by atoms with van der Waals surface area (Å²) >= 11 is 0. The molecule has 0 saturated heterocycles. The van der Waals surface area contributed by atoms with Gasteiger partial charge in [-0.05, 0) is 49.7 Å². The standard InChI is InChI=1S/C23H27N3O5/c1-14-22(24-23(27)17-8-10-19(29-4)21(12-17)31-6)15(2)26(25-14)13-16-7-9-18(28-3)20(11-16)30-5/h7-12H,13H2,1-6H3,(H,24,27). The number of carbonyl (C=O) groups is 1. The highest BCUT2D eigenvalue weighted by Crippen LogP contribution is 2.30. The second kappa shape index (κ2) is 9.42. The molecule has 3 aromatic rings. The number of aromatic nitrogens is 2. The van der Waals surface area contributed by atoms with Crippen LogP contribution in [0.1, 0.15) is 27.3 Å². The minimum atomic E-state index is -0.252. The van der Waals surface area contributed by atoms with Crippen LogP contribution in [0.25, 0.3) is 0 Å². The lowest BCUT2D eigenvalue weighted by molar-refractivity contribution is 0.102. The first kappa shape index (κ1) is 22.0. The summed E-state index contributed by atoms with van der Waals surface area (Å²) in [5, 5.41) is 7.56. The highest BCUT2D eigenvalue weighted by Gasteiger charge is 2.17. The van der Waals surface area contributed by atoms with Gasteiger partial charge < -0.3 is 24.3 Å². The number of nitrogens with one attached hydrogen (secondary N) is 1. The zero-order chi connectivity index (χ0) is 22.5. The third kappa shape index (κ3) is 4.58. The lowest BCUT2D eigenvalue weighted by atomic mass is 10.1. The summed E-state index contributed by atoms with van der Waals surface area (Å²) in [6.07, 6.45) is 0. The average Bonchev–Trinajstić information content (AvgIpc) is 3.05. The minimum Gasteiger partial charge on any atom is -0.493 e. The van der Waals surface area contributed by atoms with Gasteiger partial charge in [0.2, 0.25) is 0 Å². The fraction of sp³-hybridized carbons (Fsp3) is 0.304. The van der Waals surface area contributed by atoms with Crippen molar-refractivity contribution in [2.75, 3.05) is 33.8 Å². The molecule has 0 saturated carbocycles. The molecule has 1 aromatic heterocycles. The molecule has 0 aliphatic rings. The van der Waals surface area contributed by atoms with Gasteiger partial charge in [-0.1, -0.05) is 6.07 Å². The first-order valence-electron chi connectivity index (χ1n) is 9.70. The van der Waals surface area contributed by atoms with Crippen molar-refractivity contribution in [3.8, 4) is 23.0 Å². The molecule has 0 bridgehead atoms. The molecule has 0 radical (unpaired) electrons. The molecule has 0 aliphatic carbocycles. The summed E-state index contributed by atoms with van der Waals surface area (Å²) in [7, 11) is 6.29. The van der Waals surface area contributed by atoms with E-state index in [4.69, 9.17) is 18.9 Å². The molecule has 0 atom stereocenters. The van der Waals surface area contributed by atoms with E-state index in [2.05, 4.69) is 10.4 Å². The number of nitrogens with zero attached hydrogens (tertiary/aromatic N) is 2. The van der Waals surface area contributed by atoms with Gasteiger partial charge in [0, 0.05) is 5.56 Å². The largest absolute Gasteiger partial charge is 0.493 e. The van der Waals surface area contributed by atoms with Crippen molar-refractivity contribution in [1.29, 1.82) is 0 Å². The van der Waals surface area contributed by atoms with Crippen LogP contribution in [-0.2, 0) is 6.54 Å². The van der Waals surface area contributed by atoms with E-state index in [9.17, 15) is 4.79 Å². The number of hydrogen-bond donors (Lipinski definition) is 1. The predicted molar refractivity (Wildman–Crippen MR) is 118 cm³/mol. The van der Waals surface area contributed by atoms with E-state index in [1.807, 2.05) is 36.7 Å². The van der Waals surface area contributed by atoms with Gasteiger partial charge in [0.15, 0.2) is 23.0 Å². The Kier molecular flexibility index (Phi) is 6.69. The van der Waals surface area contributed by atoms with Gasteiger partial charge in [-0.3, -0.25) is 9.48 Å². The number of carbonyl (C=O) groups excluding carboxylic acids is 1. The third-order valence-corrected chi connectivity index (χ3v) is 5.05. The third-order valence-electron chi connectivity index (χ3n) is 5.05. The fourth-order valence-corrected chi connectivity index (χ4v) is 3.35. The van der Waals surface area contributed by atoms with Crippen LogP contribution in [0.2, 0.25) is 0 Å². The van der Waals surface area contributed by atoms with Crippen LogP contribution >= 0.6 is 0 Å². The van der Waals surface area contributed by atoms with Crippen LogP contribution < -0.4 is 24.3 Å². The van der Waals surface area contributed by atoms with Crippen molar-refractivity contribution in [3.05, 3.63) is 58.9 Å². The maximum atomic E-state index is 12.8. The number of amides is 1. The quantitative estimate of drug-likeness (QED) is 0.590. The molecule has 0 aliphatic heterocycles. The maximum Gasteiger partial charge on any atom is 0.255 e. The van der Waals surface area contributed by atoms with E-state index in [0.717, 1.165) is 17.0 Å². The van der Waals surface area contributed by atoms with Gasteiger partial charge in [0.1, 0.15) is 0 Å². The Labute approximate surface area is 181 Å². The van der Waals surface area contributed by atoms with Gasteiger partial charge in [0.25, 0.3) is 5.91 Å². The fourth-order valence-electron chi connectivity index (χ4n) is 3.35. The van der Waals surface area contributed by atoms with Crippen molar-refractivity contribution >= 4 is 11.6 Å². The summed E-state index contributed by atoms with van der Waals surface area (Å²) in [6.45, 7) is 4.31. The molecule has 0 unspecified atom stereocenters. The van der Waals surface area contributed by atoms with Crippen molar-refractivity contribution in [1.82, 2.24) is 9.78 Å². The number of benzene rings is 2. The van der Waals surface area contributed by atoms with E-state index < -0.39 is 0 Å². The molecule has 8 heteroatoms. The van der Waals surface area contributed by atoms with Crippen LogP contribution in [0.3, 0.4) is 0 Å². The molecule has 1 N–H and O–H groups in total. The smallest absolute Gasteiger partial charge is 0.255 e. The zero-order valence-corrected chi connectivity index (χ0v) is 18.6. The molecule has 0 spiro atoms. The van der Waals surface area contributed by atoms with E-state index >= 15 is 0 Å². The molecule has 8 nitrogen and oxygen atoms in total. The Hall–Kier alpha value is -3.68. The SMILES string of the molecule is COc1ccc(Cn2nc(C)c(NC(=O)c3ccc(OC)c(OC)c3)c2C)cc1OC. The lowest BCUT2D eigenvalue weighted by Gasteiger charge is -2.11. The lowest BCUT2D eigenvalue weighted by Crippen LogP contribution is -2.13. The Bertz CT molecular complexity index is 1090. The Morgan fingerprint density at radius 3 is 2.06 bits per heavy atom. The molecule has 164 valence electrons. The second-order valence-electron chi connectivity index (χ2n) is 6.92. The molecular weight excluding hydrogens is 398 g/mol. The molecule has 1 heterocycles. The van der Waals surface area contributed by atoms with Gasteiger partial charge >= 0.3 is 0 Å². The van der Waals surface area contributed by atoms with Gasteiger partial charge in [0.05, 0.1) is 52.1 Å². The summed E-state index contributed by atoms with van der Waals surface area (Å²) in [6, 6.07) is 10.8. The van der Waals surface area contributed by atoms with Crippen LogP contribution in [0.4, 0.5) is 5.69 Å². The van der Waals surface area contributed by atoms with Gasteiger partial charge in [-0.2, -0.15) is 5.10 Å². The highest BCUT2D eigenvalue weighted by molar-refractivity contribution is 6.05. The Balaban J connectivity index is 1.82. The van der Waals surface area contributed by atoms with E-state index in [1.165, 1.54) is 7.11 Å². The predicted octanol–water partition coefficient (Wildman–Crippen LogP) is 3.83. The van der Waals surface area contributed by atoms with Crippen molar-refractivity contribution in [2.24, 2.45) is 0 Å². The van der Waals surface area contributed by atoms with Crippen molar-refractivity contribution < 1.29 is 23.7 Å². The summed E-state index contributed by atoms with van der Waals surface area (Å²) in [5.41, 5.74) is 3.72. The van der Waals surface area contributed by atoms with Gasteiger partial charge in [-0.15, -0.1) is 0 Å². The van der Waals surface area contributed by atoms with E-state index in [-0.39, 0.29) is 5.91 Å². The maximum absolute atomic E-state index is 12.8. The monoisotopic (exact) mass is 425 g/mol. The summed E-state index contributed by atoms with van der Waals surface area (Å²) in [5.74, 6) is 2.13. The van der Waals surface area contributed by atoms with E-state index in [0.29, 0.717) is 40.8 Å². The van der Waals surface area contributed by atoms with Crippen LogP contribution in [0.15, 0.2) is 36.4 Å². The Morgan fingerprint density at radius 2 is 1.45 bits per heavy atom. The summed E-state index contributed by atoms with van der Waals surface area (Å²) in [4.78, 5) is 12.8. The highest BCUT2D eigenvalue weighted by atomic mass is 16.5. The number of hydrogen-bond acceptors (Lipinski definition) is 6. The van der Waals surface area contributed by atoms with E-state index in [1.54, 1.807) is 39.5 Å². The molecule has 3 rings (SSSR count). The normalized spacial score (nSPS) is 10.5. The first-order chi connectivity index (χ1) is 14.9. The van der Waals surface area contributed by atoms with Gasteiger partial charge in [-0.25, -0.2) is 0 Å². The second-order valence-corrected chi connectivity index (χ2v) is 6.92. The number of aryl methyl sites for hydroxylation is 1. The number of rotatable bonds is 8. The van der Waals surface area contributed by atoms with Crippen molar-refractivity contribution in [2.45, 2.75) is 20.4 Å². The molecule has 0 fully saturated rings. The van der Waals surface area contributed by atoms with Crippen LogP contribution in [0.5, 0.6) is 23.0 Å². The molecule has 31 heavy (non-hydrogen) atoms. The topological polar surface area (TPSA) is 83.8 Å². The van der Waals surface area contributed by atoms with Crippen molar-refractivity contribution in [3.63, 3.8) is 0 Å².